The normalized spacial score (nSPS) is 17.2. The highest BCUT2D eigenvalue weighted by Crippen LogP contribution is 2.34. The Balaban J connectivity index is 1.75. The summed E-state index contributed by atoms with van der Waals surface area (Å²) in [5, 5.41) is 10.3. The molecule has 0 amide bonds. The summed E-state index contributed by atoms with van der Waals surface area (Å²) in [4.78, 5) is 1.20. The highest BCUT2D eigenvalue weighted by molar-refractivity contribution is 7.13. The lowest BCUT2D eigenvalue weighted by atomic mass is 10.0. The van der Waals surface area contributed by atoms with Crippen LogP contribution in [0.4, 0.5) is 11.5 Å². The first-order valence-corrected chi connectivity index (χ1v) is 7.92. The second-order valence-electron chi connectivity index (χ2n) is 5.23. The Hall–Kier alpha value is -2.27. The minimum atomic E-state index is 0.274. The molecule has 3 N–H and O–H groups in total. The molecule has 1 aromatic carbocycles. The summed E-state index contributed by atoms with van der Waals surface area (Å²) in [6.07, 6.45) is 1.03. The van der Waals surface area contributed by atoms with E-state index in [2.05, 4.69) is 45.7 Å². The van der Waals surface area contributed by atoms with Crippen molar-refractivity contribution in [3.8, 4) is 10.6 Å². The van der Waals surface area contributed by atoms with Gasteiger partial charge in [0.1, 0.15) is 11.5 Å². The van der Waals surface area contributed by atoms with Gasteiger partial charge in [-0.2, -0.15) is 5.10 Å². The average molecular weight is 296 g/mol. The molecule has 3 heterocycles. The molecule has 4 nitrogen and oxygen atoms in total. The van der Waals surface area contributed by atoms with E-state index in [1.807, 2.05) is 12.1 Å². The minimum Gasteiger partial charge on any atom is -0.399 e. The molecule has 106 valence electrons. The molecular weight excluding hydrogens is 280 g/mol. The predicted molar refractivity (Wildman–Crippen MR) is 87.6 cm³/mol. The number of hydrogen-bond donors (Lipinski definition) is 2. The maximum Gasteiger partial charge on any atom is 0.125 e. The number of nitrogens with one attached hydrogen (secondary N) is 1. The van der Waals surface area contributed by atoms with Gasteiger partial charge in [-0.3, -0.25) is 0 Å². The van der Waals surface area contributed by atoms with E-state index in [0.717, 1.165) is 30.2 Å². The van der Waals surface area contributed by atoms with Crippen LogP contribution >= 0.6 is 11.3 Å². The van der Waals surface area contributed by atoms with Gasteiger partial charge in [0.15, 0.2) is 0 Å². The third kappa shape index (κ3) is 2.19. The molecular formula is C16H16N4S. The Bertz CT molecular complexity index is 743. The van der Waals surface area contributed by atoms with Crippen molar-refractivity contribution in [1.29, 1.82) is 0 Å². The fourth-order valence-corrected chi connectivity index (χ4v) is 3.48. The van der Waals surface area contributed by atoms with Crippen LogP contribution in [-0.2, 0) is 0 Å². The van der Waals surface area contributed by atoms with E-state index in [1.54, 1.807) is 11.3 Å². The molecule has 1 unspecified atom stereocenters. The first-order chi connectivity index (χ1) is 10.3. The van der Waals surface area contributed by atoms with Gasteiger partial charge < -0.3 is 11.1 Å². The average Bonchev–Trinajstić information content (AvgIpc) is 3.16. The molecule has 21 heavy (non-hydrogen) atoms. The smallest absolute Gasteiger partial charge is 0.125 e. The molecule has 3 aromatic rings. The molecule has 1 aliphatic heterocycles. The van der Waals surface area contributed by atoms with Crippen LogP contribution in [0.5, 0.6) is 0 Å². The van der Waals surface area contributed by atoms with Gasteiger partial charge in [-0.1, -0.05) is 18.2 Å². The van der Waals surface area contributed by atoms with Crippen molar-refractivity contribution in [2.24, 2.45) is 0 Å². The van der Waals surface area contributed by atoms with E-state index >= 15 is 0 Å². The third-order valence-electron chi connectivity index (χ3n) is 3.85. The standard InChI is InChI=1S/C16H16N4S/c17-12-5-3-11(4-6-12)14-7-8-18-16-10-13(19-20(14)16)15-2-1-9-21-15/h1-6,9-10,14,18H,7-8,17H2. The van der Waals surface area contributed by atoms with Crippen molar-refractivity contribution in [3.05, 3.63) is 53.4 Å². The Morgan fingerprint density at radius 2 is 2.10 bits per heavy atom. The number of anilines is 2. The summed E-state index contributed by atoms with van der Waals surface area (Å²) >= 11 is 1.72. The number of benzene rings is 1. The van der Waals surface area contributed by atoms with Crippen LogP contribution in [0.1, 0.15) is 18.0 Å². The summed E-state index contributed by atoms with van der Waals surface area (Å²) < 4.78 is 2.10. The summed E-state index contributed by atoms with van der Waals surface area (Å²) in [6, 6.07) is 14.7. The van der Waals surface area contributed by atoms with E-state index in [1.165, 1.54) is 10.4 Å². The Morgan fingerprint density at radius 1 is 1.24 bits per heavy atom. The first kappa shape index (κ1) is 12.5. The number of nitrogens with two attached hydrogens (primary N) is 1. The topological polar surface area (TPSA) is 55.9 Å². The molecule has 0 bridgehead atoms. The zero-order valence-electron chi connectivity index (χ0n) is 11.5. The van der Waals surface area contributed by atoms with Crippen molar-refractivity contribution in [3.63, 3.8) is 0 Å². The van der Waals surface area contributed by atoms with Gasteiger partial charge in [0.2, 0.25) is 0 Å². The van der Waals surface area contributed by atoms with Crippen LogP contribution < -0.4 is 11.1 Å². The van der Waals surface area contributed by atoms with E-state index in [4.69, 9.17) is 10.8 Å². The summed E-state index contributed by atoms with van der Waals surface area (Å²) in [5.41, 5.74) is 8.88. The maximum atomic E-state index is 5.79. The second kappa shape index (κ2) is 4.93. The summed E-state index contributed by atoms with van der Waals surface area (Å²) in [5.74, 6) is 1.09. The van der Waals surface area contributed by atoms with Crippen LogP contribution in [0.15, 0.2) is 47.8 Å². The monoisotopic (exact) mass is 296 g/mol. The van der Waals surface area contributed by atoms with Crippen molar-refractivity contribution < 1.29 is 0 Å². The number of aromatic nitrogens is 2. The van der Waals surface area contributed by atoms with Crippen LogP contribution in [0, 0.1) is 0 Å². The SMILES string of the molecule is Nc1ccc(C2CCNc3cc(-c4cccs4)nn32)cc1. The second-order valence-corrected chi connectivity index (χ2v) is 6.18. The molecule has 1 atom stereocenters. The van der Waals surface area contributed by atoms with Gasteiger partial charge in [-0.25, -0.2) is 4.68 Å². The minimum absolute atomic E-state index is 0.274. The van der Waals surface area contributed by atoms with E-state index in [0.29, 0.717) is 0 Å². The molecule has 0 fully saturated rings. The molecule has 0 spiro atoms. The summed E-state index contributed by atoms with van der Waals surface area (Å²) in [6.45, 7) is 0.963. The van der Waals surface area contributed by atoms with Crippen molar-refractivity contribution in [1.82, 2.24) is 9.78 Å². The van der Waals surface area contributed by atoms with E-state index in [9.17, 15) is 0 Å². The van der Waals surface area contributed by atoms with Crippen LogP contribution in [0.3, 0.4) is 0 Å². The Kier molecular flexibility index (Phi) is 2.93. The fraction of sp³-hybridized carbons (Fsp3) is 0.188. The number of thiophene rings is 1. The van der Waals surface area contributed by atoms with Gasteiger partial charge in [0, 0.05) is 18.3 Å². The number of fused-ring (bicyclic) bond motifs is 1. The number of rotatable bonds is 2. The lowest BCUT2D eigenvalue weighted by molar-refractivity contribution is 0.483. The number of nitrogen functional groups attached to an aromatic ring is 1. The fourth-order valence-electron chi connectivity index (χ4n) is 2.79. The first-order valence-electron chi connectivity index (χ1n) is 7.04. The highest BCUT2D eigenvalue weighted by atomic mass is 32.1. The number of hydrogen-bond acceptors (Lipinski definition) is 4. The zero-order valence-corrected chi connectivity index (χ0v) is 12.3. The molecule has 4 rings (SSSR count). The summed E-state index contributed by atoms with van der Waals surface area (Å²) in [7, 11) is 0. The molecule has 2 aromatic heterocycles. The third-order valence-corrected chi connectivity index (χ3v) is 4.74. The van der Waals surface area contributed by atoms with Crippen LogP contribution in [0.2, 0.25) is 0 Å². The largest absolute Gasteiger partial charge is 0.399 e. The van der Waals surface area contributed by atoms with Crippen LogP contribution in [0.25, 0.3) is 10.6 Å². The van der Waals surface area contributed by atoms with E-state index in [-0.39, 0.29) is 6.04 Å². The van der Waals surface area contributed by atoms with Crippen LogP contribution in [-0.4, -0.2) is 16.3 Å². The molecule has 0 saturated carbocycles. The predicted octanol–water partition coefficient (Wildman–Crippen LogP) is 3.60. The lowest BCUT2D eigenvalue weighted by Crippen LogP contribution is -2.24. The molecule has 5 heteroatoms. The van der Waals surface area contributed by atoms with Gasteiger partial charge in [0.25, 0.3) is 0 Å². The zero-order chi connectivity index (χ0) is 14.2. The van der Waals surface area contributed by atoms with Gasteiger partial charge in [-0.15, -0.1) is 11.3 Å². The highest BCUT2D eigenvalue weighted by Gasteiger charge is 2.23. The van der Waals surface area contributed by atoms with Gasteiger partial charge >= 0.3 is 0 Å². The van der Waals surface area contributed by atoms with Crippen molar-refractivity contribution in [2.75, 3.05) is 17.6 Å². The lowest BCUT2D eigenvalue weighted by Gasteiger charge is -2.26. The number of nitrogens with zero attached hydrogens (tertiary/aromatic N) is 2. The quantitative estimate of drug-likeness (QED) is 0.710. The molecule has 1 aliphatic rings. The molecule has 0 saturated heterocycles. The maximum absolute atomic E-state index is 5.79. The molecule has 0 aliphatic carbocycles. The van der Waals surface area contributed by atoms with Gasteiger partial charge in [-0.05, 0) is 35.6 Å². The van der Waals surface area contributed by atoms with E-state index < -0.39 is 0 Å². The molecule has 0 radical (unpaired) electrons. The Morgan fingerprint density at radius 3 is 2.86 bits per heavy atom. The van der Waals surface area contributed by atoms with Crippen molar-refractivity contribution in [2.45, 2.75) is 12.5 Å². The van der Waals surface area contributed by atoms with Crippen molar-refractivity contribution >= 4 is 22.8 Å². The van der Waals surface area contributed by atoms with Gasteiger partial charge in [0.05, 0.1) is 10.9 Å². The Labute approximate surface area is 127 Å².